The average Bonchev–Trinajstić information content (AvgIpc) is 0.750. The van der Waals surface area contributed by atoms with Crippen molar-refractivity contribution in [3.63, 3.8) is 0 Å². The molecule has 3 aliphatic heterocycles. The molecule has 0 saturated carbocycles. The number of methoxy groups -OCH3 is 3. The average molecular weight is 1780 g/mol. The van der Waals surface area contributed by atoms with E-state index in [0.717, 1.165) is 135 Å². The van der Waals surface area contributed by atoms with E-state index in [4.69, 9.17) is 181 Å². The maximum absolute atomic E-state index is 12.8. The van der Waals surface area contributed by atoms with E-state index in [0.29, 0.717) is 69.4 Å². The molecule has 3 aliphatic carbocycles. The number of piperidine rings is 3. The molecule has 6 heterocycles. The number of likely N-dealkylation sites (tertiary alicyclic amines) is 1. The Balaban J connectivity index is 0.000000194. The Labute approximate surface area is 871 Å². The maximum atomic E-state index is 12.8. The van der Waals surface area contributed by atoms with Crippen molar-refractivity contribution in [3.8, 4) is 17.2 Å². The zero-order valence-electron chi connectivity index (χ0n) is 83.1. The molecule has 42 radical (unpaired) electrons. The van der Waals surface area contributed by atoms with Gasteiger partial charge in [-0.2, -0.15) is 0 Å². The first-order chi connectivity index (χ1) is 66.7. The number of fused-ring (bicyclic) bond motifs is 3. The molecule has 644 valence electrons. The largest absolute Gasteiger partial charge is 0.497 e. The number of nitrogens with one attached hydrogen (secondary N) is 2. The van der Waals surface area contributed by atoms with Crippen molar-refractivity contribution in [2.24, 2.45) is 16.2 Å². The molecular weight excluding hydrogens is 1680 g/mol. The molecule has 0 unspecified atom stereocenters. The number of benzene rings is 4. The first-order valence-corrected chi connectivity index (χ1v) is 49.0. The van der Waals surface area contributed by atoms with Gasteiger partial charge in [0.15, 0.2) is 0 Å². The van der Waals surface area contributed by atoms with E-state index in [1.165, 1.54) is 39.0 Å². The van der Waals surface area contributed by atoms with Crippen molar-refractivity contribution in [1.29, 1.82) is 0 Å². The van der Waals surface area contributed by atoms with Crippen LogP contribution >= 0.6 is 0 Å². The first kappa shape index (κ1) is 115. The summed E-state index contributed by atoms with van der Waals surface area (Å²) < 4.78 is 22.1. The van der Waals surface area contributed by atoms with Gasteiger partial charge in [-0.05, 0) is 252 Å². The first-order valence-electron chi connectivity index (χ1n) is 49.0. The van der Waals surface area contributed by atoms with E-state index in [2.05, 4.69) is 92.3 Å². The van der Waals surface area contributed by atoms with Gasteiger partial charge in [0.1, 0.15) is 40.9 Å². The number of pyridine rings is 3. The fourth-order valence-corrected chi connectivity index (χ4v) is 21.7. The Morgan fingerprint density at radius 1 is 0.350 bits per heavy atom. The number of ether oxygens (including phenoxy) is 4. The fourth-order valence-electron chi connectivity index (χ4n) is 21.7. The van der Waals surface area contributed by atoms with Crippen LogP contribution in [0.3, 0.4) is 0 Å². The van der Waals surface area contributed by atoms with Gasteiger partial charge in [-0.3, -0.25) is 29.3 Å². The predicted octanol–water partition coefficient (Wildman–Crippen LogP) is -1.39. The van der Waals surface area contributed by atoms with Gasteiger partial charge >= 0.3 is 6.09 Å². The van der Waals surface area contributed by atoms with Crippen molar-refractivity contribution in [2.75, 3.05) is 99.9 Å². The smallest absolute Gasteiger partial charge is 0.410 e. The van der Waals surface area contributed by atoms with Crippen molar-refractivity contribution in [2.45, 2.75) is 106 Å². The van der Waals surface area contributed by atoms with Crippen molar-refractivity contribution in [3.05, 3.63) is 231 Å². The number of amides is 4. The summed E-state index contributed by atoms with van der Waals surface area (Å²) >= 11 is 0. The Bertz CT molecular complexity index is 5010. The van der Waals surface area contributed by atoms with Crippen molar-refractivity contribution in [1.82, 2.24) is 45.2 Å². The Morgan fingerprint density at radius 2 is 0.629 bits per heavy atom. The molecule has 2 N–H and O–H groups in total. The lowest BCUT2D eigenvalue weighted by atomic mass is 8.27. The second-order valence-corrected chi connectivity index (χ2v) is 38.1. The summed E-state index contributed by atoms with van der Waals surface area (Å²) in [5.41, 5.74) is 16.8. The number of hydrogen-bond acceptors (Lipinski definition) is 13. The van der Waals surface area contributed by atoms with E-state index in [1.54, 1.807) is 42.2 Å². The minimum absolute atomic E-state index is 0.0129. The summed E-state index contributed by atoms with van der Waals surface area (Å²) in [5, 5.41) is 6.98. The molecule has 3 saturated heterocycles. The summed E-state index contributed by atoms with van der Waals surface area (Å²) in [6.45, 7) is 21.7. The van der Waals surface area contributed by atoms with Crippen LogP contribution in [0.2, 0.25) is 0 Å². The maximum Gasteiger partial charge on any atom is 0.410 e. The van der Waals surface area contributed by atoms with E-state index < -0.39 is 121 Å². The molecule has 3 fully saturated rings. The van der Waals surface area contributed by atoms with Gasteiger partial charge in [-0.15, -0.1) is 0 Å². The van der Waals surface area contributed by atoms with E-state index in [9.17, 15) is 19.2 Å². The van der Waals surface area contributed by atoms with Gasteiger partial charge < -0.3 is 49.2 Å². The van der Waals surface area contributed by atoms with Crippen LogP contribution in [0.1, 0.15) is 167 Å². The second kappa shape index (κ2) is 53.5. The monoisotopic (exact) mass is 1790 g/mol. The zero-order chi connectivity index (χ0) is 102. The Morgan fingerprint density at radius 3 is 0.879 bits per heavy atom. The minimum Gasteiger partial charge on any atom is -0.497 e. The predicted molar refractivity (Wildman–Crippen MR) is 625 cm³/mol. The van der Waals surface area contributed by atoms with Crippen molar-refractivity contribution >= 4 is 324 Å². The molecule has 3 spiro atoms. The number of aromatic nitrogens is 3. The SMILES string of the molecule is CCN(CC)C(=O)c1ccc(C2=CC3(CCN(C(=O)OCc4ccccc4)CC3)Cc3ccc(OC)cc32)cn1.CCN(CC)C(=O)c1ccc(C2=CC3(CCNCC3)Cc3ccc(OC)cc32)cn1.CCN(CC)C(=O)c1ccc(C2=CC3(CCNCC3)Cc3ccc(OC)cc32)cn1.[B]B([B])B([B])B(B([B])[B])B(B(B(B([B])[B])B([B])[B])B(B([B])[B])B([B])[B])B(B(B([B])[B])B([B])[B])B(B([B])[B])B([B])[B]. The molecule has 13 rings (SSSR count). The molecule has 57 heteroatoms. The number of carbonyl (C=O) groups excluding carboxylic acids is 4. The van der Waals surface area contributed by atoms with Crippen LogP contribution < -0.4 is 24.8 Å². The molecule has 6 aliphatic rings. The Kier molecular flexibility index (Phi) is 44.0. The van der Waals surface area contributed by atoms with Crippen LogP contribution in [0.5, 0.6) is 17.2 Å². The van der Waals surface area contributed by atoms with Crippen LogP contribution in [0.25, 0.3) is 16.7 Å². The highest BCUT2D eigenvalue weighted by molar-refractivity contribution is 8.32. The molecular formula is C83H99B40N9O8. The number of hydrogen-bond donors (Lipinski definition) is 2. The highest BCUT2D eigenvalue weighted by Crippen LogP contribution is 2.50. The summed E-state index contributed by atoms with van der Waals surface area (Å²) in [6, 6.07) is 40.4. The van der Waals surface area contributed by atoms with E-state index in [1.807, 2.05) is 132 Å². The number of nitrogens with zero attached hydrogens (tertiary/aromatic N) is 7. The number of allylic oxidation sites excluding steroid dienone is 3. The molecule has 4 aromatic carbocycles. The normalized spacial score (nSPS) is 14.6. The third-order valence-corrected chi connectivity index (χ3v) is 29.3. The van der Waals surface area contributed by atoms with Crippen molar-refractivity contribution < 1.29 is 38.1 Å². The van der Waals surface area contributed by atoms with E-state index in [-0.39, 0.29) is 46.7 Å². The van der Waals surface area contributed by atoms with Crippen LogP contribution in [0.4, 0.5) is 4.79 Å². The standard InChI is InChI=1S/C33H37N3O4.2C25H31N3O2.B40/c1-4-35(5-2)31(37)30-14-12-26(22-34-30)29-21-33(20-25-11-13-27(39-3)19-28(25)29)15-17-36(18-16-33)32(38)40-23-24-9-7-6-8-10-24;2*1-4-28(5-2)24(29)23-9-7-19(17-27-23)22-16-25(10-12-26-13-11-25)15-18-6-8-20(30-3)14-21(18)22;1-22(2)32(21)37(31(19)20)40(38(33(23(3)4)24(5)6)34(25(7)8)26(9)10)39(35(27(11)12)28(13)14)36(29(15)16)30(17)18/h6-14,19,21-22H,4-5,15-18,20,23H2,1-3H3;2*6-9,14,16-17,26H,4-5,10-13,15H2,1-3H3;. The summed E-state index contributed by atoms with van der Waals surface area (Å²) in [6.07, 6.45) is 0.0639. The molecule has 17 nitrogen and oxygen atoms in total. The second-order valence-electron chi connectivity index (χ2n) is 38.1. The van der Waals surface area contributed by atoms with Gasteiger partial charge in [0, 0.05) is 371 Å². The summed E-state index contributed by atoms with van der Waals surface area (Å²) in [7, 11) is 136. The lowest BCUT2D eigenvalue weighted by molar-refractivity contribution is 0.0719. The van der Waals surface area contributed by atoms with E-state index >= 15 is 0 Å². The Hall–Kier alpha value is -6.85. The molecule has 0 atom stereocenters. The third kappa shape index (κ3) is 28.5. The topological polar surface area (TPSA) is 181 Å². The van der Waals surface area contributed by atoms with Gasteiger partial charge in [-0.25, -0.2) is 4.79 Å². The zero-order valence-corrected chi connectivity index (χ0v) is 83.1. The number of carbonyl (C=O) groups is 4. The molecule has 7 aromatic rings. The minimum atomic E-state index is -1.25. The molecule has 4 amide bonds. The third-order valence-electron chi connectivity index (χ3n) is 29.3. The highest BCUT2D eigenvalue weighted by Gasteiger charge is 2.57. The van der Waals surface area contributed by atoms with Crippen LogP contribution in [-0.4, -0.2) is 442 Å². The summed E-state index contributed by atoms with van der Waals surface area (Å²) in [5.74, 6) is 2.45. The number of rotatable bonds is 35. The molecule has 140 heavy (non-hydrogen) atoms. The highest BCUT2D eigenvalue weighted by atomic mass is 16.6. The van der Waals surface area contributed by atoms with Crippen LogP contribution in [0, 0.1) is 16.2 Å². The summed E-state index contributed by atoms with van der Waals surface area (Å²) in [4.78, 5) is 71.8. The fraction of sp³-hybridized carbons (Fsp3) is 0.410. The lowest BCUT2D eigenvalue weighted by Gasteiger charge is -2.54. The molecule has 3 aromatic heterocycles. The lowest BCUT2D eigenvalue weighted by Crippen LogP contribution is -2.92. The van der Waals surface area contributed by atoms with Gasteiger partial charge in [0.2, 0.25) is 0 Å². The quantitative estimate of drug-likeness (QED) is 0.0444. The van der Waals surface area contributed by atoms with Gasteiger partial charge in [0.25, 0.3) is 17.7 Å². The van der Waals surface area contributed by atoms with Gasteiger partial charge in [0.05, 0.1) is 21.3 Å². The van der Waals surface area contributed by atoms with Crippen LogP contribution in [0.15, 0.2) is 158 Å². The van der Waals surface area contributed by atoms with Gasteiger partial charge in [-0.1, -0.05) is 85.0 Å². The van der Waals surface area contributed by atoms with Crippen LogP contribution in [-0.2, 0) is 30.6 Å². The molecule has 0 bridgehead atoms.